The molecule has 154 valence electrons. The lowest BCUT2D eigenvalue weighted by Crippen LogP contribution is -2.38. The number of hydrogen-bond donors (Lipinski definition) is 0. The SMILES string of the molecule is CCn1c(C=Nc2nc3ccccc3n2CCN2CCOCC2)nc2ccccc21. The highest BCUT2D eigenvalue weighted by Gasteiger charge is 2.14. The smallest absolute Gasteiger partial charge is 0.230 e. The summed E-state index contributed by atoms with van der Waals surface area (Å²) >= 11 is 0. The van der Waals surface area contributed by atoms with E-state index in [2.05, 4.69) is 39.2 Å². The zero-order valence-corrected chi connectivity index (χ0v) is 17.2. The van der Waals surface area contributed by atoms with Gasteiger partial charge in [0.15, 0.2) is 5.82 Å². The summed E-state index contributed by atoms with van der Waals surface area (Å²) in [5.74, 6) is 1.57. The number of aryl methyl sites for hydroxylation is 1. The summed E-state index contributed by atoms with van der Waals surface area (Å²) in [6, 6.07) is 16.4. The van der Waals surface area contributed by atoms with Crippen LogP contribution in [0.3, 0.4) is 0 Å². The average Bonchev–Trinajstić information content (AvgIpc) is 3.34. The van der Waals surface area contributed by atoms with E-state index in [9.17, 15) is 0 Å². The molecule has 0 unspecified atom stereocenters. The number of aromatic nitrogens is 4. The van der Waals surface area contributed by atoms with E-state index in [1.165, 1.54) is 0 Å². The van der Waals surface area contributed by atoms with E-state index in [1.54, 1.807) is 0 Å². The predicted molar refractivity (Wildman–Crippen MR) is 120 cm³/mol. The second-order valence-corrected chi connectivity index (χ2v) is 7.47. The normalized spacial score (nSPS) is 15.6. The fourth-order valence-electron chi connectivity index (χ4n) is 4.09. The van der Waals surface area contributed by atoms with Crippen molar-refractivity contribution < 1.29 is 4.74 Å². The van der Waals surface area contributed by atoms with Gasteiger partial charge in [0.25, 0.3) is 0 Å². The van der Waals surface area contributed by atoms with Crippen molar-refractivity contribution >= 4 is 34.2 Å². The first-order valence-electron chi connectivity index (χ1n) is 10.6. The molecule has 7 nitrogen and oxygen atoms in total. The van der Waals surface area contributed by atoms with E-state index < -0.39 is 0 Å². The molecule has 0 amide bonds. The van der Waals surface area contributed by atoms with Crippen LogP contribution >= 0.6 is 0 Å². The van der Waals surface area contributed by atoms with Gasteiger partial charge in [0.05, 0.1) is 41.5 Å². The highest BCUT2D eigenvalue weighted by atomic mass is 16.5. The maximum Gasteiger partial charge on any atom is 0.230 e. The van der Waals surface area contributed by atoms with Gasteiger partial charge in [0, 0.05) is 32.7 Å². The third-order valence-electron chi connectivity index (χ3n) is 5.67. The Hall–Kier alpha value is -3.03. The number of nitrogens with zero attached hydrogens (tertiary/aromatic N) is 6. The third kappa shape index (κ3) is 3.62. The summed E-state index contributed by atoms with van der Waals surface area (Å²) < 4.78 is 9.86. The van der Waals surface area contributed by atoms with Gasteiger partial charge < -0.3 is 13.9 Å². The van der Waals surface area contributed by atoms with E-state index in [1.807, 2.05) is 36.5 Å². The van der Waals surface area contributed by atoms with Crippen LogP contribution in [0.4, 0.5) is 5.95 Å². The minimum absolute atomic E-state index is 0.721. The molecule has 0 saturated carbocycles. The number of benzene rings is 2. The molecule has 2 aromatic heterocycles. The Morgan fingerprint density at radius 3 is 2.30 bits per heavy atom. The Balaban J connectivity index is 1.48. The van der Waals surface area contributed by atoms with E-state index >= 15 is 0 Å². The van der Waals surface area contributed by atoms with Crippen molar-refractivity contribution in [1.29, 1.82) is 0 Å². The number of rotatable bonds is 6. The largest absolute Gasteiger partial charge is 0.379 e. The first kappa shape index (κ1) is 19.0. The van der Waals surface area contributed by atoms with E-state index in [0.29, 0.717) is 0 Å². The molecular weight excluding hydrogens is 376 g/mol. The molecule has 4 aromatic rings. The monoisotopic (exact) mass is 402 g/mol. The first-order valence-corrected chi connectivity index (χ1v) is 10.6. The summed E-state index contributed by atoms with van der Waals surface area (Å²) in [4.78, 5) is 16.8. The summed E-state index contributed by atoms with van der Waals surface area (Å²) in [5.41, 5.74) is 4.20. The van der Waals surface area contributed by atoms with Gasteiger partial charge in [0.1, 0.15) is 0 Å². The molecule has 1 saturated heterocycles. The molecule has 0 spiro atoms. The van der Waals surface area contributed by atoms with Gasteiger partial charge in [-0.2, -0.15) is 0 Å². The van der Waals surface area contributed by atoms with Crippen LogP contribution in [0.2, 0.25) is 0 Å². The molecule has 0 bridgehead atoms. The zero-order chi connectivity index (χ0) is 20.3. The number of aliphatic imine (C=N–C) groups is 1. The molecule has 1 aliphatic rings. The Morgan fingerprint density at radius 1 is 0.900 bits per heavy atom. The second kappa shape index (κ2) is 8.38. The second-order valence-electron chi connectivity index (χ2n) is 7.47. The van der Waals surface area contributed by atoms with Crippen molar-refractivity contribution in [3.63, 3.8) is 0 Å². The Kier molecular flexibility index (Phi) is 5.29. The fourth-order valence-corrected chi connectivity index (χ4v) is 4.09. The lowest BCUT2D eigenvalue weighted by Gasteiger charge is -2.26. The molecule has 0 radical (unpaired) electrons. The molecule has 0 atom stereocenters. The number of fused-ring (bicyclic) bond motifs is 2. The lowest BCUT2D eigenvalue weighted by molar-refractivity contribution is 0.0366. The Labute approximate surface area is 175 Å². The summed E-state index contributed by atoms with van der Waals surface area (Å²) in [6.07, 6.45) is 1.84. The van der Waals surface area contributed by atoms with Crippen molar-refractivity contribution in [3.8, 4) is 0 Å². The summed E-state index contributed by atoms with van der Waals surface area (Å²) in [6.45, 7) is 8.35. The topological polar surface area (TPSA) is 60.5 Å². The van der Waals surface area contributed by atoms with Crippen LogP contribution in [0.5, 0.6) is 0 Å². The van der Waals surface area contributed by atoms with Gasteiger partial charge in [0.2, 0.25) is 5.95 Å². The van der Waals surface area contributed by atoms with Crippen LogP contribution in [0.1, 0.15) is 12.7 Å². The zero-order valence-electron chi connectivity index (χ0n) is 17.2. The van der Waals surface area contributed by atoms with Crippen LogP contribution in [-0.2, 0) is 17.8 Å². The standard InChI is InChI=1S/C23H26N6O/c1-2-28-20-9-5-3-7-18(20)25-22(28)17-24-23-26-19-8-4-6-10-21(19)29(23)12-11-27-13-15-30-16-14-27/h3-10,17H,2,11-16H2,1H3. The lowest BCUT2D eigenvalue weighted by atomic mass is 10.3. The molecule has 0 N–H and O–H groups in total. The Bertz CT molecular complexity index is 1190. The van der Waals surface area contributed by atoms with Crippen molar-refractivity contribution in [2.45, 2.75) is 20.0 Å². The van der Waals surface area contributed by atoms with Gasteiger partial charge in [-0.15, -0.1) is 0 Å². The molecule has 0 aliphatic carbocycles. The fraction of sp³-hybridized carbons (Fsp3) is 0.348. The van der Waals surface area contributed by atoms with E-state index in [4.69, 9.17) is 19.7 Å². The molecule has 7 heteroatoms. The number of para-hydroxylation sites is 4. The van der Waals surface area contributed by atoms with Crippen molar-refractivity contribution in [1.82, 2.24) is 24.0 Å². The molecule has 1 fully saturated rings. The Morgan fingerprint density at radius 2 is 1.57 bits per heavy atom. The number of hydrogen-bond acceptors (Lipinski definition) is 5. The highest BCUT2D eigenvalue weighted by Crippen LogP contribution is 2.22. The summed E-state index contributed by atoms with van der Waals surface area (Å²) in [7, 11) is 0. The van der Waals surface area contributed by atoms with Gasteiger partial charge in [-0.1, -0.05) is 24.3 Å². The maximum atomic E-state index is 5.47. The third-order valence-corrected chi connectivity index (χ3v) is 5.67. The first-order chi connectivity index (χ1) is 14.8. The molecule has 3 heterocycles. The van der Waals surface area contributed by atoms with Crippen LogP contribution < -0.4 is 0 Å². The van der Waals surface area contributed by atoms with Crippen molar-refractivity contribution in [3.05, 3.63) is 54.4 Å². The predicted octanol–water partition coefficient (Wildman–Crippen LogP) is 3.49. The minimum Gasteiger partial charge on any atom is -0.379 e. The quantitative estimate of drug-likeness (QED) is 0.463. The van der Waals surface area contributed by atoms with Gasteiger partial charge in [-0.05, 0) is 31.2 Å². The number of imidazole rings is 2. The van der Waals surface area contributed by atoms with Crippen LogP contribution in [0, 0.1) is 0 Å². The maximum absolute atomic E-state index is 5.47. The summed E-state index contributed by atoms with van der Waals surface area (Å²) in [5, 5.41) is 0. The van der Waals surface area contributed by atoms with Crippen LogP contribution in [0.25, 0.3) is 22.1 Å². The van der Waals surface area contributed by atoms with Crippen molar-refractivity contribution in [2.75, 3.05) is 32.8 Å². The van der Waals surface area contributed by atoms with E-state index in [0.717, 1.165) is 79.8 Å². The average molecular weight is 403 g/mol. The van der Waals surface area contributed by atoms with Gasteiger partial charge >= 0.3 is 0 Å². The van der Waals surface area contributed by atoms with Gasteiger partial charge in [-0.25, -0.2) is 15.0 Å². The van der Waals surface area contributed by atoms with Gasteiger partial charge in [-0.3, -0.25) is 4.90 Å². The number of ether oxygens (including phenoxy) is 1. The molecule has 1 aliphatic heterocycles. The molecular formula is C23H26N6O. The van der Waals surface area contributed by atoms with Crippen molar-refractivity contribution in [2.24, 2.45) is 4.99 Å². The highest BCUT2D eigenvalue weighted by molar-refractivity contribution is 5.86. The number of morpholine rings is 1. The van der Waals surface area contributed by atoms with E-state index in [-0.39, 0.29) is 0 Å². The molecule has 5 rings (SSSR count). The minimum atomic E-state index is 0.721. The van der Waals surface area contributed by atoms with Crippen LogP contribution in [-0.4, -0.2) is 63.1 Å². The molecule has 2 aromatic carbocycles. The van der Waals surface area contributed by atoms with Crippen LogP contribution in [0.15, 0.2) is 53.5 Å². The molecule has 30 heavy (non-hydrogen) atoms.